The molecule has 0 amide bonds. The second-order valence-electron chi connectivity index (χ2n) is 6.17. The van der Waals surface area contributed by atoms with E-state index in [1.54, 1.807) is 6.33 Å². The molecule has 0 aliphatic heterocycles. The highest BCUT2D eigenvalue weighted by Crippen LogP contribution is 2.28. The Morgan fingerprint density at radius 1 is 1.08 bits per heavy atom. The standard InChI is InChI=1S/C17H17N7/c1-2-10(3-1)21-16-12-6-7-18-15(12)23-17(24-16)22-11-4-5-13-14(8-11)20-9-19-13/h4-10H,1-3H2,(H,19,20)(H3,18,21,22,23,24). The van der Waals surface area contributed by atoms with E-state index < -0.39 is 0 Å². The summed E-state index contributed by atoms with van der Waals surface area (Å²) in [5.41, 5.74) is 3.67. The van der Waals surface area contributed by atoms with Crippen molar-refractivity contribution in [1.82, 2.24) is 24.9 Å². The Balaban J connectivity index is 1.50. The number of aromatic nitrogens is 5. The number of anilines is 3. The highest BCUT2D eigenvalue weighted by Gasteiger charge is 2.19. The van der Waals surface area contributed by atoms with Gasteiger partial charge in [-0.05, 0) is 43.5 Å². The molecule has 4 N–H and O–H groups in total. The zero-order chi connectivity index (χ0) is 15.9. The Hall–Kier alpha value is -3.09. The van der Waals surface area contributed by atoms with Crippen LogP contribution in [-0.4, -0.2) is 31.0 Å². The minimum atomic E-state index is 0.521. The lowest BCUT2D eigenvalue weighted by Crippen LogP contribution is -2.27. The predicted octanol–water partition coefficient (Wildman–Crippen LogP) is 3.54. The summed E-state index contributed by atoms with van der Waals surface area (Å²) in [5, 5.41) is 7.84. The molecule has 1 aliphatic carbocycles. The molecule has 1 aromatic carbocycles. The molecule has 0 atom stereocenters. The molecule has 3 heterocycles. The van der Waals surface area contributed by atoms with Crippen LogP contribution < -0.4 is 10.6 Å². The molecule has 7 heteroatoms. The van der Waals surface area contributed by atoms with Crippen molar-refractivity contribution >= 4 is 39.5 Å². The molecule has 4 aromatic rings. The van der Waals surface area contributed by atoms with Crippen LogP contribution in [0.15, 0.2) is 36.8 Å². The predicted molar refractivity (Wildman–Crippen MR) is 94.5 cm³/mol. The molecule has 0 bridgehead atoms. The summed E-state index contributed by atoms with van der Waals surface area (Å²) < 4.78 is 0. The number of fused-ring (bicyclic) bond motifs is 2. The average Bonchev–Trinajstić information content (AvgIpc) is 3.18. The second kappa shape index (κ2) is 5.23. The first-order valence-electron chi connectivity index (χ1n) is 8.17. The summed E-state index contributed by atoms with van der Waals surface area (Å²) in [6.07, 6.45) is 7.28. The van der Waals surface area contributed by atoms with Crippen molar-refractivity contribution in [2.45, 2.75) is 25.3 Å². The van der Waals surface area contributed by atoms with Gasteiger partial charge < -0.3 is 20.6 Å². The molecule has 5 rings (SSSR count). The third-order valence-electron chi connectivity index (χ3n) is 4.54. The number of nitrogens with zero attached hydrogens (tertiary/aromatic N) is 3. The van der Waals surface area contributed by atoms with Crippen molar-refractivity contribution in [2.75, 3.05) is 10.6 Å². The fourth-order valence-corrected chi connectivity index (χ4v) is 3.00. The van der Waals surface area contributed by atoms with E-state index in [1.807, 2.05) is 30.5 Å². The molecule has 1 aliphatic rings. The van der Waals surface area contributed by atoms with Gasteiger partial charge in [0.15, 0.2) is 0 Å². The van der Waals surface area contributed by atoms with Crippen molar-refractivity contribution in [3.05, 3.63) is 36.8 Å². The summed E-state index contributed by atoms with van der Waals surface area (Å²) in [6.45, 7) is 0. The number of aromatic amines is 2. The van der Waals surface area contributed by atoms with Gasteiger partial charge in [-0.15, -0.1) is 0 Å². The molecule has 1 fully saturated rings. The van der Waals surface area contributed by atoms with Gasteiger partial charge in [0.25, 0.3) is 0 Å². The van der Waals surface area contributed by atoms with Crippen LogP contribution in [0, 0.1) is 0 Å². The van der Waals surface area contributed by atoms with Gasteiger partial charge in [-0.2, -0.15) is 9.97 Å². The SMILES string of the molecule is c1nc2ccc(Nc3nc(NC4CCC4)c4cc[nH]c4n3)cc2[nH]1. The van der Waals surface area contributed by atoms with E-state index in [4.69, 9.17) is 0 Å². The fraction of sp³-hybridized carbons (Fsp3) is 0.235. The third-order valence-corrected chi connectivity index (χ3v) is 4.54. The Labute approximate surface area is 137 Å². The van der Waals surface area contributed by atoms with Crippen molar-refractivity contribution in [3.8, 4) is 0 Å². The van der Waals surface area contributed by atoms with E-state index in [9.17, 15) is 0 Å². The maximum atomic E-state index is 4.68. The first kappa shape index (κ1) is 13.4. The molecule has 3 aromatic heterocycles. The lowest BCUT2D eigenvalue weighted by Gasteiger charge is -2.27. The molecule has 0 saturated heterocycles. The van der Waals surface area contributed by atoms with Gasteiger partial charge in [0, 0.05) is 17.9 Å². The van der Waals surface area contributed by atoms with Crippen LogP contribution in [0.3, 0.4) is 0 Å². The average molecular weight is 319 g/mol. The van der Waals surface area contributed by atoms with E-state index in [2.05, 4.69) is 35.6 Å². The fourth-order valence-electron chi connectivity index (χ4n) is 3.00. The first-order chi connectivity index (χ1) is 11.8. The molecule has 0 spiro atoms. The summed E-state index contributed by atoms with van der Waals surface area (Å²) in [7, 11) is 0. The summed E-state index contributed by atoms with van der Waals surface area (Å²) in [4.78, 5) is 19.8. The normalized spacial score (nSPS) is 14.8. The van der Waals surface area contributed by atoms with Crippen molar-refractivity contribution in [1.29, 1.82) is 0 Å². The number of H-pyrrole nitrogens is 2. The minimum Gasteiger partial charge on any atom is -0.367 e. The van der Waals surface area contributed by atoms with Gasteiger partial charge in [-0.25, -0.2) is 4.98 Å². The van der Waals surface area contributed by atoms with Crippen LogP contribution in [-0.2, 0) is 0 Å². The van der Waals surface area contributed by atoms with Gasteiger partial charge in [0.05, 0.1) is 22.7 Å². The zero-order valence-electron chi connectivity index (χ0n) is 13.0. The number of imidazole rings is 1. The minimum absolute atomic E-state index is 0.521. The highest BCUT2D eigenvalue weighted by molar-refractivity contribution is 5.88. The molecule has 0 radical (unpaired) electrons. The van der Waals surface area contributed by atoms with Crippen LogP contribution >= 0.6 is 0 Å². The van der Waals surface area contributed by atoms with E-state index in [0.717, 1.165) is 33.6 Å². The molecule has 24 heavy (non-hydrogen) atoms. The molecule has 7 nitrogen and oxygen atoms in total. The number of rotatable bonds is 4. The molecule has 1 saturated carbocycles. The Morgan fingerprint density at radius 3 is 2.92 bits per heavy atom. The van der Waals surface area contributed by atoms with E-state index in [0.29, 0.717) is 12.0 Å². The summed E-state index contributed by atoms with van der Waals surface area (Å²) in [5.74, 6) is 1.46. The summed E-state index contributed by atoms with van der Waals surface area (Å²) >= 11 is 0. The van der Waals surface area contributed by atoms with Crippen LogP contribution in [0.2, 0.25) is 0 Å². The molecule has 0 unspecified atom stereocenters. The molecular formula is C17H17N7. The van der Waals surface area contributed by atoms with Gasteiger partial charge in [-0.1, -0.05) is 0 Å². The monoisotopic (exact) mass is 319 g/mol. The maximum Gasteiger partial charge on any atom is 0.231 e. The topological polar surface area (TPSA) is 94.3 Å². The summed E-state index contributed by atoms with van der Waals surface area (Å²) in [6, 6.07) is 8.48. The van der Waals surface area contributed by atoms with Crippen LogP contribution in [0.25, 0.3) is 22.1 Å². The van der Waals surface area contributed by atoms with Gasteiger partial charge in [0.2, 0.25) is 5.95 Å². The van der Waals surface area contributed by atoms with Crippen molar-refractivity contribution in [2.24, 2.45) is 0 Å². The Kier molecular flexibility index (Phi) is 2.91. The Bertz CT molecular complexity index is 1010. The quantitative estimate of drug-likeness (QED) is 0.461. The van der Waals surface area contributed by atoms with E-state index >= 15 is 0 Å². The third kappa shape index (κ3) is 2.25. The largest absolute Gasteiger partial charge is 0.367 e. The van der Waals surface area contributed by atoms with E-state index in [-0.39, 0.29) is 0 Å². The second-order valence-corrected chi connectivity index (χ2v) is 6.17. The van der Waals surface area contributed by atoms with Gasteiger partial charge in [-0.3, -0.25) is 0 Å². The lowest BCUT2D eigenvalue weighted by molar-refractivity contribution is 0.445. The zero-order valence-corrected chi connectivity index (χ0v) is 13.0. The van der Waals surface area contributed by atoms with Crippen molar-refractivity contribution < 1.29 is 0 Å². The van der Waals surface area contributed by atoms with Crippen LogP contribution in [0.4, 0.5) is 17.5 Å². The number of nitrogens with one attached hydrogen (secondary N) is 4. The van der Waals surface area contributed by atoms with Crippen molar-refractivity contribution in [3.63, 3.8) is 0 Å². The van der Waals surface area contributed by atoms with Crippen LogP contribution in [0.1, 0.15) is 19.3 Å². The molecular weight excluding hydrogens is 302 g/mol. The van der Waals surface area contributed by atoms with E-state index in [1.165, 1.54) is 19.3 Å². The lowest BCUT2D eigenvalue weighted by atomic mass is 9.93. The van der Waals surface area contributed by atoms with Gasteiger partial charge in [0.1, 0.15) is 11.5 Å². The maximum absolute atomic E-state index is 4.68. The smallest absolute Gasteiger partial charge is 0.231 e. The number of hydrogen-bond donors (Lipinski definition) is 4. The highest BCUT2D eigenvalue weighted by atomic mass is 15.2. The van der Waals surface area contributed by atoms with Crippen LogP contribution in [0.5, 0.6) is 0 Å². The number of benzene rings is 1. The molecule has 120 valence electrons. The first-order valence-corrected chi connectivity index (χ1v) is 8.17. The Morgan fingerprint density at radius 2 is 2.04 bits per heavy atom. The van der Waals surface area contributed by atoms with Gasteiger partial charge >= 0.3 is 0 Å². The number of hydrogen-bond acceptors (Lipinski definition) is 5.